The predicted molar refractivity (Wildman–Crippen MR) is 116 cm³/mol. The van der Waals surface area contributed by atoms with Gasteiger partial charge in [-0.05, 0) is 48.9 Å². The van der Waals surface area contributed by atoms with Gasteiger partial charge in [-0.15, -0.1) is 0 Å². The lowest BCUT2D eigenvalue weighted by atomic mass is 10.1. The Morgan fingerprint density at radius 2 is 1.66 bits per heavy atom. The van der Waals surface area contributed by atoms with Crippen LogP contribution in [0.25, 0.3) is 11.1 Å². The summed E-state index contributed by atoms with van der Waals surface area (Å²) in [7, 11) is 0. The van der Waals surface area contributed by atoms with Crippen molar-refractivity contribution in [2.24, 2.45) is 0 Å². The molecule has 1 amide bonds. The van der Waals surface area contributed by atoms with Crippen LogP contribution in [-0.2, 0) is 6.42 Å². The summed E-state index contributed by atoms with van der Waals surface area (Å²) in [6, 6.07) is 17.8. The number of aromatic nitrogens is 2. The van der Waals surface area contributed by atoms with E-state index in [0.29, 0.717) is 12.1 Å². The summed E-state index contributed by atoms with van der Waals surface area (Å²) < 4.78 is 0. The van der Waals surface area contributed by atoms with Crippen LogP contribution in [0.3, 0.4) is 0 Å². The van der Waals surface area contributed by atoms with Crippen LogP contribution in [-0.4, -0.2) is 35.5 Å². The van der Waals surface area contributed by atoms with Crippen molar-refractivity contribution in [3.63, 3.8) is 0 Å². The molecule has 1 saturated heterocycles. The molecule has 3 aromatic rings. The Balaban J connectivity index is 1.39. The zero-order valence-electron chi connectivity index (χ0n) is 16.6. The highest BCUT2D eigenvalue weighted by Crippen LogP contribution is 2.21. The number of nitrogens with zero attached hydrogens (tertiary/aromatic N) is 3. The van der Waals surface area contributed by atoms with Crippen LogP contribution in [0, 0.1) is 0 Å². The Kier molecular flexibility index (Phi) is 6.15. The fraction of sp³-hybridized carbons (Fsp3) is 0.292. The molecule has 5 heteroatoms. The van der Waals surface area contributed by atoms with Gasteiger partial charge in [0.15, 0.2) is 0 Å². The second-order valence-corrected chi connectivity index (χ2v) is 7.39. The molecule has 0 spiro atoms. The van der Waals surface area contributed by atoms with Gasteiger partial charge in [0.1, 0.15) is 0 Å². The lowest BCUT2D eigenvalue weighted by Crippen LogP contribution is -2.30. The van der Waals surface area contributed by atoms with Crippen molar-refractivity contribution in [1.29, 1.82) is 0 Å². The minimum atomic E-state index is -0.0614. The van der Waals surface area contributed by atoms with E-state index in [-0.39, 0.29) is 5.91 Å². The number of rotatable bonds is 6. The summed E-state index contributed by atoms with van der Waals surface area (Å²) in [6.07, 6.45) is 8.21. The highest BCUT2D eigenvalue weighted by molar-refractivity contribution is 5.95. The van der Waals surface area contributed by atoms with Crippen molar-refractivity contribution in [2.45, 2.75) is 25.7 Å². The Bertz CT molecular complexity index is 935. The molecule has 0 saturated carbocycles. The first-order valence-electron chi connectivity index (χ1n) is 10.3. The third kappa shape index (κ3) is 4.99. The average molecular weight is 386 g/mol. The summed E-state index contributed by atoms with van der Waals surface area (Å²) in [6.45, 7) is 2.66. The Hall–Kier alpha value is -3.21. The van der Waals surface area contributed by atoms with Crippen molar-refractivity contribution in [2.75, 3.05) is 24.5 Å². The minimum absolute atomic E-state index is 0.0614. The van der Waals surface area contributed by atoms with E-state index in [1.165, 1.54) is 24.8 Å². The van der Waals surface area contributed by atoms with Gasteiger partial charge in [0, 0.05) is 43.2 Å². The van der Waals surface area contributed by atoms with Crippen LogP contribution in [0.1, 0.15) is 35.2 Å². The van der Waals surface area contributed by atoms with E-state index >= 15 is 0 Å². The molecule has 0 bridgehead atoms. The molecule has 0 unspecified atom stereocenters. The number of hydrogen-bond donors (Lipinski definition) is 1. The summed E-state index contributed by atoms with van der Waals surface area (Å²) in [5.74, 6) is 0.733. The number of amides is 1. The highest BCUT2D eigenvalue weighted by atomic mass is 16.1. The van der Waals surface area contributed by atoms with Gasteiger partial charge in [0.2, 0.25) is 5.95 Å². The molecule has 2 heterocycles. The number of benzene rings is 2. The largest absolute Gasteiger partial charge is 0.352 e. The first kappa shape index (κ1) is 19.1. The third-order valence-electron chi connectivity index (χ3n) is 5.28. The van der Waals surface area contributed by atoms with Gasteiger partial charge in [0.25, 0.3) is 5.91 Å². The molecule has 2 aromatic carbocycles. The second kappa shape index (κ2) is 9.32. The smallest absolute Gasteiger partial charge is 0.251 e. The van der Waals surface area contributed by atoms with Crippen molar-refractivity contribution in [3.05, 3.63) is 78.1 Å². The Morgan fingerprint density at radius 1 is 0.897 bits per heavy atom. The zero-order chi connectivity index (χ0) is 19.9. The van der Waals surface area contributed by atoms with Gasteiger partial charge in [0.05, 0.1) is 0 Å². The van der Waals surface area contributed by atoms with Crippen LogP contribution in [0.4, 0.5) is 5.95 Å². The van der Waals surface area contributed by atoms with Gasteiger partial charge >= 0.3 is 0 Å². The average Bonchev–Trinajstić information content (AvgIpc) is 2.80. The van der Waals surface area contributed by atoms with Crippen LogP contribution in [0.5, 0.6) is 0 Å². The number of hydrogen-bond acceptors (Lipinski definition) is 4. The summed E-state index contributed by atoms with van der Waals surface area (Å²) >= 11 is 0. The van der Waals surface area contributed by atoms with E-state index in [1.807, 2.05) is 54.9 Å². The quantitative estimate of drug-likeness (QED) is 0.693. The van der Waals surface area contributed by atoms with E-state index in [2.05, 4.69) is 32.3 Å². The van der Waals surface area contributed by atoms with E-state index < -0.39 is 0 Å². The normalized spacial score (nSPS) is 13.9. The SMILES string of the molecule is O=C(NCCc1ccccc1)c1cccc(-c2cnc(N3CCCCC3)nc2)c1. The molecular weight excluding hydrogens is 360 g/mol. The fourth-order valence-corrected chi connectivity index (χ4v) is 3.63. The Morgan fingerprint density at radius 3 is 2.41 bits per heavy atom. The monoisotopic (exact) mass is 386 g/mol. The topological polar surface area (TPSA) is 58.1 Å². The molecule has 148 valence electrons. The number of carbonyl (C=O) groups is 1. The maximum atomic E-state index is 12.5. The maximum Gasteiger partial charge on any atom is 0.251 e. The standard InChI is InChI=1S/C24H26N4O/c29-23(25-13-12-19-8-3-1-4-9-19)21-11-7-10-20(16-21)22-17-26-24(27-18-22)28-14-5-2-6-15-28/h1,3-4,7-11,16-18H,2,5-6,12-15H2,(H,25,29). The molecule has 1 aromatic heterocycles. The molecule has 5 nitrogen and oxygen atoms in total. The van der Waals surface area contributed by atoms with Crippen molar-refractivity contribution >= 4 is 11.9 Å². The van der Waals surface area contributed by atoms with E-state index in [9.17, 15) is 4.79 Å². The van der Waals surface area contributed by atoms with Crippen LogP contribution >= 0.6 is 0 Å². The number of nitrogens with one attached hydrogen (secondary N) is 1. The van der Waals surface area contributed by atoms with Gasteiger partial charge < -0.3 is 10.2 Å². The van der Waals surface area contributed by atoms with Gasteiger partial charge in [-0.25, -0.2) is 9.97 Å². The molecule has 4 rings (SSSR count). The summed E-state index contributed by atoms with van der Waals surface area (Å²) in [5.41, 5.74) is 3.73. The molecule has 1 aliphatic heterocycles. The van der Waals surface area contributed by atoms with Gasteiger partial charge in [-0.2, -0.15) is 0 Å². The molecule has 1 aliphatic rings. The Labute approximate surface area is 171 Å². The lowest BCUT2D eigenvalue weighted by molar-refractivity contribution is 0.0954. The highest BCUT2D eigenvalue weighted by Gasteiger charge is 2.13. The van der Waals surface area contributed by atoms with Crippen molar-refractivity contribution < 1.29 is 4.79 Å². The maximum absolute atomic E-state index is 12.5. The number of carbonyl (C=O) groups excluding carboxylic acids is 1. The third-order valence-corrected chi connectivity index (χ3v) is 5.28. The molecular formula is C24H26N4O. The predicted octanol–water partition coefficient (Wildman–Crippen LogP) is 4.11. The first-order chi connectivity index (χ1) is 14.3. The fourth-order valence-electron chi connectivity index (χ4n) is 3.63. The molecule has 0 atom stereocenters. The van der Waals surface area contributed by atoms with Crippen LogP contribution in [0.2, 0.25) is 0 Å². The summed E-state index contributed by atoms with van der Waals surface area (Å²) in [4.78, 5) is 23.9. The number of anilines is 1. The van der Waals surface area contributed by atoms with Crippen molar-refractivity contribution in [1.82, 2.24) is 15.3 Å². The molecule has 29 heavy (non-hydrogen) atoms. The van der Waals surface area contributed by atoms with Gasteiger partial charge in [-0.1, -0.05) is 42.5 Å². The van der Waals surface area contributed by atoms with Gasteiger partial charge in [-0.3, -0.25) is 4.79 Å². The molecule has 1 fully saturated rings. The molecule has 1 N–H and O–H groups in total. The van der Waals surface area contributed by atoms with Crippen LogP contribution < -0.4 is 10.2 Å². The van der Waals surface area contributed by atoms with E-state index in [4.69, 9.17) is 0 Å². The minimum Gasteiger partial charge on any atom is -0.352 e. The second-order valence-electron chi connectivity index (χ2n) is 7.39. The van der Waals surface area contributed by atoms with E-state index in [0.717, 1.165) is 36.6 Å². The summed E-state index contributed by atoms with van der Waals surface area (Å²) in [5, 5.41) is 3.00. The zero-order valence-corrected chi connectivity index (χ0v) is 16.6. The first-order valence-corrected chi connectivity index (χ1v) is 10.3. The van der Waals surface area contributed by atoms with Crippen molar-refractivity contribution in [3.8, 4) is 11.1 Å². The number of piperidine rings is 1. The lowest BCUT2D eigenvalue weighted by Gasteiger charge is -2.26. The van der Waals surface area contributed by atoms with Crippen LogP contribution in [0.15, 0.2) is 67.0 Å². The van der Waals surface area contributed by atoms with E-state index in [1.54, 1.807) is 0 Å². The molecule has 0 radical (unpaired) electrons. The molecule has 0 aliphatic carbocycles.